The van der Waals surface area contributed by atoms with Crippen LogP contribution in [-0.2, 0) is 4.79 Å². The average Bonchev–Trinajstić information content (AvgIpc) is 3.00. The van der Waals surface area contributed by atoms with Crippen LogP contribution in [0.1, 0.15) is 44.6 Å². The SMILES string of the molecule is CCC(=O)N/N=C/c1ccc(OC)c(OC2CCCC2)c1. The molecule has 1 N–H and O–H groups in total. The van der Waals surface area contributed by atoms with Gasteiger partial charge in [0.05, 0.1) is 19.4 Å². The second kappa shape index (κ2) is 7.67. The van der Waals surface area contributed by atoms with Crippen LogP contribution in [0, 0.1) is 0 Å². The molecule has 1 aromatic carbocycles. The molecule has 0 radical (unpaired) electrons. The Labute approximate surface area is 125 Å². The molecule has 1 saturated carbocycles. The third kappa shape index (κ3) is 4.48. The summed E-state index contributed by atoms with van der Waals surface area (Å²) in [4.78, 5) is 11.1. The molecule has 0 aromatic heterocycles. The van der Waals surface area contributed by atoms with Crippen molar-refractivity contribution in [3.05, 3.63) is 23.8 Å². The Balaban J connectivity index is 2.07. The van der Waals surface area contributed by atoms with E-state index in [9.17, 15) is 4.79 Å². The van der Waals surface area contributed by atoms with Gasteiger partial charge in [-0.1, -0.05) is 6.92 Å². The molecule has 1 aromatic rings. The monoisotopic (exact) mass is 290 g/mol. The molecule has 0 spiro atoms. The van der Waals surface area contributed by atoms with Gasteiger partial charge in [-0.25, -0.2) is 5.43 Å². The number of methoxy groups -OCH3 is 1. The lowest BCUT2D eigenvalue weighted by atomic mass is 10.2. The molecular weight excluding hydrogens is 268 g/mol. The van der Waals surface area contributed by atoms with Gasteiger partial charge in [0.2, 0.25) is 5.91 Å². The van der Waals surface area contributed by atoms with E-state index in [0.717, 1.165) is 29.9 Å². The highest BCUT2D eigenvalue weighted by Gasteiger charge is 2.18. The summed E-state index contributed by atoms with van der Waals surface area (Å²) in [5, 5.41) is 3.92. The third-order valence-corrected chi connectivity index (χ3v) is 3.51. The molecular formula is C16H22N2O3. The van der Waals surface area contributed by atoms with E-state index in [4.69, 9.17) is 9.47 Å². The molecule has 0 unspecified atom stereocenters. The molecule has 1 aliphatic rings. The van der Waals surface area contributed by atoms with Crippen molar-refractivity contribution in [2.24, 2.45) is 5.10 Å². The Morgan fingerprint density at radius 1 is 1.38 bits per heavy atom. The van der Waals surface area contributed by atoms with E-state index in [1.807, 2.05) is 18.2 Å². The quantitative estimate of drug-likeness (QED) is 0.647. The number of carbonyl (C=O) groups excluding carboxylic acids is 1. The molecule has 1 fully saturated rings. The summed E-state index contributed by atoms with van der Waals surface area (Å²) >= 11 is 0. The van der Waals surface area contributed by atoms with Crippen molar-refractivity contribution < 1.29 is 14.3 Å². The van der Waals surface area contributed by atoms with Gasteiger partial charge >= 0.3 is 0 Å². The van der Waals surface area contributed by atoms with Crippen molar-refractivity contribution >= 4 is 12.1 Å². The molecule has 1 aliphatic carbocycles. The number of rotatable bonds is 6. The maximum absolute atomic E-state index is 11.1. The standard InChI is InChI=1S/C16H22N2O3/c1-3-16(19)18-17-11-12-8-9-14(20-2)15(10-12)21-13-6-4-5-7-13/h8-11,13H,3-7H2,1-2H3,(H,18,19)/b17-11+. The molecule has 21 heavy (non-hydrogen) atoms. The number of nitrogens with one attached hydrogen (secondary N) is 1. The summed E-state index contributed by atoms with van der Waals surface area (Å²) in [7, 11) is 1.63. The van der Waals surface area contributed by atoms with Gasteiger partial charge in [0.15, 0.2) is 11.5 Å². The largest absolute Gasteiger partial charge is 0.493 e. The van der Waals surface area contributed by atoms with Gasteiger partial charge in [-0.05, 0) is 49.4 Å². The Morgan fingerprint density at radius 2 is 2.14 bits per heavy atom. The number of hydrogen-bond acceptors (Lipinski definition) is 4. The van der Waals surface area contributed by atoms with E-state index < -0.39 is 0 Å². The minimum absolute atomic E-state index is 0.109. The van der Waals surface area contributed by atoms with Crippen LogP contribution >= 0.6 is 0 Å². The van der Waals surface area contributed by atoms with Crippen molar-refractivity contribution in [3.63, 3.8) is 0 Å². The first-order chi connectivity index (χ1) is 10.2. The number of carbonyl (C=O) groups is 1. The Bertz CT molecular complexity index is 508. The number of amides is 1. The minimum Gasteiger partial charge on any atom is -0.493 e. The van der Waals surface area contributed by atoms with Crippen molar-refractivity contribution in [3.8, 4) is 11.5 Å². The molecule has 114 valence electrons. The molecule has 5 nitrogen and oxygen atoms in total. The Morgan fingerprint density at radius 3 is 2.81 bits per heavy atom. The molecule has 1 amide bonds. The first kappa shape index (κ1) is 15.4. The normalized spacial score (nSPS) is 15.3. The van der Waals surface area contributed by atoms with Crippen LogP contribution < -0.4 is 14.9 Å². The van der Waals surface area contributed by atoms with Crippen molar-refractivity contribution in [1.82, 2.24) is 5.43 Å². The fourth-order valence-corrected chi connectivity index (χ4v) is 2.31. The summed E-state index contributed by atoms with van der Waals surface area (Å²) in [5.74, 6) is 1.34. The van der Waals surface area contributed by atoms with Crippen LogP contribution in [0.25, 0.3) is 0 Å². The second-order valence-electron chi connectivity index (χ2n) is 5.08. The average molecular weight is 290 g/mol. The number of ether oxygens (including phenoxy) is 2. The van der Waals surface area contributed by atoms with Crippen LogP contribution in [0.2, 0.25) is 0 Å². The zero-order valence-corrected chi connectivity index (χ0v) is 12.6. The minimum atomic E-state index is -0.109. The van der Waals surface area contributed by atoms with Gasteiger partial charge in [0.1, 0.15) is 0 Å². The van der Waals surface area contributed by atoms with Crippen LogP contribution in [0.4, 0.5) is 0 Å². The molecule has 0 heterocycles. The zero-order chi connectivity index (χ0) is 15.1. The van der Waals surface area contributed by atoms with Gasteiger partial charge in [0.25, 0.3) is 0 Å². The summed E-state index contributed by atoms with van der Waals surface area (Å²) in [6.07, 6.45) is 6.91. The maximum Gasteiger partial charge on any atom is 0.239 e. The lowest BCUT2D eigenvalue weighted by molar-refractivity contribution is -0.120. The highest BCUT2D eigenvalue weighted by atomic mass is 16.5. The molecule has 0 atom stereocenters. The zero-order valence-electron chi connectivity index (χ0n) is 12.6. The van der Waals surface area contributed by atoms with Gasteiger partial charge in [-0.3, -0.25) is 4.79 Å². The molecule has 0 aliphatic heterocycles. The fraction of sp³-hybridized carbons (Fsp3) is 0.500. The van der Waals surface area contributed by atoms with Gasteiger partial charge < -0.3 is 9.47 Å². The van der Waals surface area contributed by atoms with Crippen molar-refractivity contribution in [2.45, 2.75) is 45.1 Å². The topological polar surface area (TPSA) is 59.9 Å². The molecule has 0 bridgehead atoms. The van der Waals surface area contributed by atoms with Crippen LogP contribution in [-0.4, -0.2) is 25.3 Å². The predicted molar refractivity (Wildman–Crippen MR) is 81.9 cm³/mol. The maximum atomic E-state index is 11.1. The van der Waals surface area contributed by atoms with Crippen molar-refractivity contribution in [2.75, 3.05) is 7.11 Å². The summed E-state index contributed by atoms with van der Waals surface area (Å²) in [6.45, 7) is 1.78. The Kier molecular flexibility index (Phi) is 5.60. The predicted octanol–water partition coefficient (Wildman–Crippen LogP) is 2.88. The Hall–Kier alpha value is -2.04. The first-order valence-corrected chi connectivity index (χ1v) is 7.39. The fourth-order valence-electron chi connectivity index (χ4n) is 2.31. The van der Waals surface area contributed by atoms with E-state index in [1.54, 1.807) is 20.2 Å². The van der Waals surface area contributed by atoms with E-state index in [-0.39, 0.29) is 12.0 Å². The van der Waals surface area contributed by atoms with Gasteiger partial charge in [-0.15, -0.1) is 0 Å². The number of hydrogen-bond donors (Lipinski definition) is 1. The molecule has 5 heteroatoms. The van der Waals surface area contributed by atoms with Crippen LogP contribution in [0.15, 0.2) is 23.3 Å². The van der Waals surface area contributed by atoms with Gasteiger partial charge in [-0.2, -0.15) is 5.10 Å². The summed E-state index contributed by atoms with van der Waals surface area (Å²) in [5.41, 5.74) is 3.32. The van der Waals surface area contributed by atoms with E-state index >= 15 is 0 Å². The van der Waals surface area contributed by atoms with E-state index in [0.29, 0.717) is 6.42 Å². The van der Waals surface area contributed by atoms with Crippen LogP contribution in [0.3, 0.4) is 0 Å². The number of hydrazone groups is 1. The highest BCUT2D eigenvalue weighted by Crippen LogP contribution is 2.32. The molecule has 0 saturated heterocycles. The first-order valence-electron chi connectivity index (χ1n) is 7.39. The number of benzene rings is 1. The van der Waals surface area contributed by atoms with E-state index in [2.05, 4.69) is 10.5 Å². The smallest absolute Gasteiger partial charge is 0.239 e. The third-order valence-electron chi connectivity index (χ3n) is 3.51. The molecule has 2 rings (SSSR count). The lowest BCUT2D eigenvalue weighted by Crippen LogP contribution is -2.15. The second-order valence-corrected chi connectivity index (χ2v) is 5.08. The van der Waals surface area contributed by atoms with Crippen molar-refractivity contribution in [1.29, 1.82) is 0 Å². The summed E-state index contributed by atoms with van der Waals surface area (Å²) in [6, 6.07) is 5.62. The lowest BCUT2D eigenvalue weighted by Gasteiger charge is -2.16. The summed E-state index contributed by atoms with van der Waals surface area (Å²) < 4.78 is 11.3. The van der Waals surface area contributed by atoms with E-state index in [1.165, 1.54) is 12.8 Å². The van der Waals surface area contributed by atoms with Crippen LogP contribution in [0.5, 0.6) is 11.5 Å². The number of nitrogens with zero attached hydrogens (tertiary/aromatic N) is 1. The van der Waals surface area contributed by atoms with Gasteiger partial charge in [0, 0.05) is 6.42 Å². The highest BCUT2D eigenvalue weighted by molar-refractivity contribution is 5.83.